The molecule has 1 aromatic heterocycles. The molecule has 2 aromatic rings. The van der Waals surface area contributed by atoms with Crippen LogP contribution >= 0.6 is 0 Å². The molecule has 0 atom stereocenters. The molecule has 3 rings (SSSR count). The van der Waals surface area contributed by atoms with Crippen molar-refractivity contribution in [1.29, 1.82) is 5.41 Å². The minimum absolute atomic E-state index is 0.132. The first-order valence-corrected chi connectivity index (χ1v) is 6.36. The predicted octanol–water partition coefficient (Wildman–Crippen LogP) is 2.17. The quantitative estimate of drug-likeness (QED) is 0.640. The van der Waals surface area contributed by atoms with Crippen LogP contribution in [0.15, 0.2) is 24.5 Å². The van der Waals surface area contributed by atoms with Gasteiger partial charge in [0.2, 0.25) is 0 Å². The largest absolute Gasteiger partial charge is 0.384 e. The average Bonchev–Trinajstić information content (AvgIpc) is 2.82. The van der Waals surface area contributed by atoms with Crippen LogP contribution in [0.1, 0.15) is 29.8 Å². The van der Waals surface area contributed by atoms with Crippen LogP contribution < -0.4 is 5.73 Å². The molecule has 0 radical (unpaired) electrons. The van der Waals surface area contributed by atoms with Gasteiger partial charge in [-0.3, -0.25) is 5.41 Å². The number of hydrogen-bond donors (Lipinski definition) is 2. The molecule has 0 amide bonds. The highest BCUT2D eigenvalue weighted by Gasteiger charge is 2.18. The van der Waals surface area contributed by atoms with Gasteiger partial charge in [0, 0.05) is 11.3 Å². The number of benzene rings is 1. The van der Waals surface area contributed by atoms with E-state index in [2.05, 4.69) is 4.98 Å². The Balaban J connectivity index is 2.17. The van der Waals surface area contributed by atoms with E-state index in [4.69, 9.17) is 11.1 Å². The number of rotatable bonds is 2. The molecule has 19 heavy (non-hydrogen) atoms. The van der Waals surface area contributed by atoms with Gasteiger partial charge >= 0.3 is 0 Å². The third kappa shape index (κ3) is 2.01. The predicted molar refractivity (Wildman–Crippen MR) is 71.2 cm³/mol. The Bertz CT molecular complexity index is 645. The van der Waals surface area contributed by atoms with Crippen LogP contribution in [-0.2, 0) is 12.8 Å². The van der Waals surface area contributed by atoms with Crippen LogP contribution in [-0.4, -0.2) is 15.4 Å². The SMILES string of the molecule is N=C(N)c1cc(F)ccc1-n1cnc2c1CCCC2. The van der Waals surface area contributed by atoms with Gasteiger partial charge in [-0.1, -0.05) is 0 Å². The summed E-state index contributed by atoms with van der Waals surface area (Å²) in [5.74, 6) is -0.518. The van der Waals surface area contributed by atoms with E-state index in [9.17, 15) is 4.39 Å². The lowest BCUT2D eigenvalue weighted by molar-refractivity contribution is 0.626. The molecule has 1 aliphatic carbocycles. The molecule has 0 saturated carbocycles. The summed E-state index contributed by atoms with van der Waals surface area (Å²) in [7, 11) is 0. The van der Waals surface area contributed by atoms with Crippen LogP contribution in [0.2, 0.25) is 0 Å². The van der Waals surface area contributed by atoms with Crippen molar-refractivity contribution in [2.24, 2.45) is 5.73 Å². The van der Waals surface area contributed by atoms with Crippen LogP contribution in [0.3, 0.4) is 0 Å². The molecule has 4 nitrogen and oxygen atoms in total. The van der Waals surface area contributed by atoms with Gasteiger partial charge in [-0.15, -0.1) is 0 Å². The van der Waals surface area contributed by atoms with Crippen molar-refractivity contribution in [3.8, 4) is 5.69 Å². The normalized spacial score (nSPS) is 14.2. The lowest BCUT2D eigenvalue weighted by Crippen LogP contribution is -2.16. The highest BCUT2D eigenvalue weighted by atomic mass is 19.1. The molecule has 1 aromatic carbocycles. The van der Waals surface area contributed by atoms with E-state index < -0.39 is 0 Å². The molecule has 0 unspecified atom stereocenters. The van der Waals surface area contributed by atoms with Crippen LogP contribution in [0.25, 0.3) is 5.69 Å². The molecule has 3 N–H and O–H groups in total. The fourth-order valence-corrected chi connectivity index (χ4v) is 2.61. The Labute approximate surface area is 110 Å². The maximum atomic E-state index is 13.3. The van der Waals surface area contributed by atoms with Crippen molar-refractivity contribution in [2.75, 3.05) is 0 Å². The van der Waals surface area contributed by atoms with Crippen molar-refractivity contribution < 1.29 is 4.39 Å². The third-order valence-electron chi connectivity index (χ3n) is 3.54. The third-order valence-corrected chi connectivity index (χ3v) is 3.54. The molecule has 0 spiro atoms. The fraction of sp³-hybridized carbons (Fsp3) is 0.286. The van der Waals surface area contributed by atoms with E-state index in [1.165, 1.54) is 12.1 Å². The first-order valence-electron chi connectivity index (χ1n) is 6.36. The lowest BCUT2D eigenvalue weighted by atomic mass is 10.0. The fourth-order valence-electron chi connectivity index (χ4n) is 2.61. The van der Waals surface area contributed by atoms with Crippen LogP contribution in [0, 0.1) is 11.2 Å². The van der Waals surface area contributed by atoms with E-state index >= 15 is 0 Å². The summed E-state index contributed by atoms with van der Waals surface area (Å²) in [5.41, 5.74) is 8.94. The zero-order chi connectivity index (χ0) is 13.4. The summed E-state index contributed by atoms with van der Waals surface area (Å²) in [6, 6.07) is 4.34. The van der Waals surface area contributed by atoms with Crippen molar-refractivity contribution in [1.82, 2.24) is 9.55 Å². The Morgan fingerprint density at radius 2 is 2.11 bits per heavy atom. The van der Waals surface area contributed by atoms with E-state index in [1.54, 1.807) is 12.4 Å². The Kier molecular flexibility index (Phi) is 2.81. The van der Waals surface area contributed by atoms with E-state index in [0.29, 0.717) is 5.56 Å². The van der Waals surface area contributed by atoms with Gasteiger partial charge in [0.25, 0.3) is 0 Å². The van der Waals surface area contributed by atoms with Crippen LogP contribution in [0.5, 0.6) is 0 Å². The molecule has 0 fully saturated rings. The number of fused-ring (bicyclic) bond motifs is 1. The Hall–Kier alpha value is -2.17. The number of amidine groups is 1. The maximum absolute atomic E-state index is 13.3. The number of hydrogen-bond acceptors (Lipinski definition) is 2. The monoisotopic (exact) mass is 258 g/mol. The Morgan fingerprint density at radius 3 is 2.89 bits per heavy atom. The Morgan fingerprint density at radius 1 is 1.32 bits per heavy atom. The van der Waals surface area contributed by atoms with E-state index in [-0.39, 0.29) is 11.7 Å². The molecule has 1 aliphatic rings. The van der Waals surface area contributed by atoms with Gasteiger partial charge in [0.1, 0.15) is 11.7 Å². The second kappa shape index (κ2) is 4.50. The van der Waals surface area contributed by atoms with Gasteiger partial charge in [-0.2, -0.15) is 0 Å². The van der Waals surface area contributed by atoms with Crippen molar-refractivity contribution in [3.63, 3.8) is 0 Å². The number of nitrogens with two attached hydrogens (primary N) is 1. The van der Waals surface area contributed by atoms with E-state index in [0.717, 1.165) is 42.8 Å². The standard InChI is InChI=1S/C14H15FN4/c15-9-5-6-12(10(7-9)14(16)17)19-8-18-11-3-1-2-4-13(11)19/h5-8H,1-4H2,(H3,16,17). The number of aromatic nitrogens is 2. The van der Waals surface area contributed by atoms with Crippen molar-refractivity contribution >= 4 is 5.84 Å². The van der Waals surface area contributed by atoms with Gasteiger partial charge < -0.3 is 10.3 Å². The zero-order valence-electron chi connectivity index (χ0n) is 10.5. The summed E-state index contributed by atoms with van der Waals surface area (Å²) >= 11 is 0. The lowest BCUT2D eigenvalue weighted by Gasteiger charge is -2.16. The number of imidazole rings is 1. The molecule has 1 heterocycles. The summed E-state index contributed by atoms with van der Waals surface area (Å²) in [6.07, 6.45) is 5.99. The number of halogens is 1. The second-order valence-electron chi connectivity index (χ2n) is 4.79. The number of nitrogens with one attached hydrogen (secondary N) is 1. The summed E-state index contributed by atoms with van der Waals surface area (Å²) in [6.45, 7) is 0. The maximum Gasteiger partial charge on any atom is 0.125 e. The van der Waals surface area contributed by atoms with Gasteiger partial charge in [0.05, 0.1) is 17.7 Å². The number of nitrogen functional groups attached to an aromatic ring is 1. The summed E-state index contributed by atoms with van der Waals surface area (Å²) in [4.78, 5) is 4.41. The number of aryl methyl sites for hydroxylation is 1. The van der Waals surface area contributed by atoms with Gasteiger partial charge in [0.15, 0.2) is 0 Å². The number of nitrogens with zero attached hydrogens (tertiary/aromatic N) is 2. The molecule has 0 saturated heterocycles. The first-order chi connectivity index (χ1) is 9.16. The van der Waals surface area contributed by atoms with Crippen molar-refractivity contribution in [3.05, 3.63) is 47.3 Å². The zero-order valence-corrected chi connectivity index (χ0v) is 10.5. The van der Waals surface area contributed by atoms with Crippen LogP contribution in [0.4, 0.5) is 4.39 Å². The smallest absolute Gasteiger partial charge is 0.125 e. The molecular formula is C14H15FN4. The van der Waals surface area contributed by atoms with Gasteiger partial charge in [-0.25, -0.2) is 9.37 Å². The van der Waals surface area contributed by atoms with Gasteiger partial charge in [-0.05, 0) is 43.9 Å². The van der Waals surface area contributed by atoms with E-state index in [1.807, 2.05) is 4.57 Å². The van der Waals surface area contributed by atoms with Crippen molar-refractivity contribution in [2.45, 2.75) is 25.7 Å². The highest BCUT2D eigenvalue weighted by Crippen LogP contribution is 2.25. The summed E-state index contributed by atoms with van der Waals surface area (Å²) < 4.78 is 15.2. The highest BCUT2D eigenvalue weighted by molar-refractivity contribution is 5.98. The molecule has 0 bridgehead atoms. The first kappa shape index (κ1) is 11.9. The second-order valence-corrected chi connectivity index (χ2v) is 4.79. The molecule has 98 valence electrons. The minimum Gasteiger partial charge on any atom is -0.384 e. The topological polar surface area (TPSA) is 67.7 Å². The molecule has 0 aliphatic heterocycles. The summed E-state index contributed by atoms with van der Waals surface area (Å²) in [5, 5.41) is 7.59. The molecule has 5 heteroatoms. The molecular weight excluding hydrogens is 243 g/mol. The average molecular weight is 258 g/mol. The minimum atomic E-state index is -0.386.